The SMILES string of the molecule is O=C(O)C(CCl)C(Sc1nc2ccccc2s1)C(=O)O. The number of hydrogen-bond acceptors (Lipinski definition) is 5. The molecule has 106 valence electrons. The van der Waals surface area contributed by atoms with Gasteiger partial charge in [0.2, 0.25) is 0 Å². The predicted molar refractivity (Wildman–Crippen MR) is 78.7 cm³/mol. The number of aromatic nitrogens is 1. The number of rotatable bonds is 6. The molecule has 1 aromatic carbocycles. The Balaban J connectivity index is 2.27. The number of benzene rings is 1. The monoisotopic (exact) mass is 331 g/mol. The maximum Gasteiger partial charge on any atom is 0.318 e. The van der Waals surface area contributed by atoms with Crippen LogP contribution in [0.1, 0.15) is 0 Å². The molecule has 20 heavy (non-hydrogen) atoms. The van der Waals surface area contributed by atoms with Gasteiger partial charge in [0, 0.05) is 5.88 Å². The number of para-hydroxylation sites is 1. The number of carboxylic acid groups (broad SMARTS) is 2. The number of fused-ring (bicyclic) bond motifs is 1. The van der Waals surface area contributed by atoms with E-state index in [0.29, 0.717) is 4.34 Å². The second-order valence-electron chi connectivity index (χ2n) is 3.92. The number of hydrogen-bond donors (Lipinski definition) is 2. The molecule has 1 heterocycles. The van der Waals surface area contributed by atoms with Crippen molar-refractivity contribution in [3.8, 4) is 0 Å². The van der Waals surface area contributed by atoms with Gasteiger partial charge < -0.3 is 10.2 Å². The molecule has 0 aliphatic rings. The van der Waals surface area contributed by atoms with E-state index >= 15 is 0 Å². The third-order valence-corrected chi connectivity index (χ3v) is 5.37. The first-order valence-electron chi connectivity index (χ1n) is 5.56. The number of thioether (sulfide) groups is 1. The Labute approximate surface area is 127 Å². The van der Waals surface area contributed by atoms with Gasteiger partial charge >= 0.3 is 11.9 Å². The van der Waals surface area contributed by atoms with Crippen LogP contribution in [0.5, 0.6) is 0 Å². The summed E-state index contributed by atoms with van der Waals surface area (Å²) >= 11 is 7.83. The van der Waals surface area contributed by atoms with Crippen LogP contribution in [0.15, 0.2) is 28.6 Å². The summed E-state index contributed by atoms with van der Waals surface area (Å²) in [6, 6.07) is 7.40. The largest absolute Gasteiger partial charge is 0.481 e. The minimum Gasteiger partial charge on any atom is -0.481 e. The number of thiazole rings is 1. The van der Waals surface area contributed by atoms with Crippen LogP contribution in [0.4, 0.5) is 0 Å². The fourth-order valence-electron chi connectivity index (χ4n) is 1.59. The third-order valence-electron chi connectivity index (χ3n) is 2.59. The molecule has 0 aliphatic heterocycles. The average molecular weight is 332 g/mol. The molecule has 0 aliphatic carbocycles. The van der Waals surface area contributed by atoms with Crippen LogP contribution in [-0.4, -0.2) is 38.3 Å². The van der Waals surface area contributed by atoms with Gasteiger partial charge in [0.05, 0.1) is 16.1 Å². The van der Waals surface area contributed by atoms with Crippen molar-refractivity contribution in [3.63, 3.8) is 0 Å². The molecular formula is C12H10ClNO4S2. The van der Waals surface area contributed by atoms with Gasteiger partial charge in [-0.2, -0.15) is 0 Å². The van der Waals surface area contributed by atoms with Gasteiger partial charge in [0.1, 0.15) is 5.25 Å². The zero-order valence-corrected chi connectivity index (χ0v) is 12.4. The topological polar surface area (TPSA) is 87.5 Å². The summed E-state index contributed by atoms with van der Waals surface area (Å²) in [5, 5.41) is 17.1. The number of carboxylic acids is 2. The van der Waals surface area contributed by atoms with Crippen molar-refractivity contribution in [3.05, 3.63) is 24.3 Å². The fourth-order valence-corrected chi connectivity index (χ4v) is 4.32. The van der Waals surface area contributed by atoms with Crippen molar-refractivity contribution in [1.29, 1.82) is 0 Å². The first-order valence-corrected chi connectivity index (χ1v) is 7.79. The summed E-state index contributed by atoms with van der Waals surface area (Å²) in [6.45, 7) is 0. The van der Waals surface area contributed by atoms with Gasteiger partial charge in [-0.25, -0.2) is 4.98 Å². The van der Waals surface area contributed by atoms with Crippen molar-refractivity contribution in [2.45, 2.75) is 9.59 Å². The molecule has 2 aromatic rings. The first kappa shape index (κ1) is 15.1. The maximum absolute atomic E-state index is 11.3. The molecule has 8 heteroatoms. The van der Waals surface area contributed by atoms with Crippen LogP contribution in [0.3, 0.4) is 0 Å². The van der Waals surface area contributed by atoms with E-state index < -0.39 is 23.1 Å². The Morgan fingerprint density at radius 2 is 2.00 bits per heavy atom. The van der Waals surface area contributed by atoms with Crippen molar-refractivity contribution >= 4 is 56.9 Å². The minimum atomic E-state index is -1.22. The Bertz CT molecular complexity index is 612. The molecule has 2 unspecified atom stereocenters. The van der Waals surface area contributed by atoms with Crippen LogP contribution >= 0.6 is 34.7 Å². The van der Waals surface area contributed by atoms with Crippen LogP contribution in [0.2, 0.25) is 0 Å². The molecule has 0 spiro atoms. The lowest BCUT2D eigenvalue weighted by Crippen LogP contribution is -2.33. The smallest absolute Gasteiger partial charge is 0.318 e. The second kappa shape index (κ2) is 6.43. The second-order valence-corrected chi connectivity index (χ2v) is 6.65. The van der Waals surface area contributed by atoms with Crippen LogP contribution < -0.4 is 0 Å². The van der Waals surface area contributed by atoms with E-state index in [4.69, 9.17) is 16.7 Å². The van der Waals surface area contributed by atoms with E-state index in [-0.39, 0.29) is 5.88 Å². The Kier molecular flexibility index (Phi) is 4.85. The standard InChI is InChI=1S/C12H10ClNO4S2/c13-5-6(10(15)16)9(11(17)18)20-12-14-7-3-1-2-4-8(7)19-12/h1-4,6,9H,5H2,(H,15,16)(H,17,18). The van der Waals surface area contributed by atoms with E-state index in [1.54, 1.807) is 0 Å². The highest BCUT2D eigenvalue weighted by molar-refractivity contribution is 8.02. The third kappa shape index (κ3) is 3.23. The quantitative estimate of drug-likeness (QED) is 0.625. The maximum atomic E-state index is 11.3. The minimum absolute atomic E-state index is 0.260. The molecule has 0 saturated carbocycles. The Hall–Kier alpha value is -1.31. The molecule has 0 radical (unpaired) electrons. The number of aliphatic carboxylic acids is 2. The predicted octanol–water partition coefficient (Wildman–Crippen LogP) is 2.78. The fraction of sp³-hybridized carbons (Fsp3) is 0.250. The normalized spacial score (nSPS) is 14.1. The van der Waals surface area contributed by atoms with Gasteiger partial charge in [0.25, 0.3) is 0 Å². The van der Waals surface area contributed by atoms with E-state index in [1.165, 1.54) is 11.3 Å². The molecule has 2 rings (SSSR count). The molecule has 2 N–H and O–H groups in total. The highest BCUT2D eigenvalue weighted by atomic mass is 35.5. The number of nitrogens with zero attached hydrogens (tertiary/aromatic N) is 1. The van der Waals surface area contributed by atoms with Gasteiger partial charge in [0.15, 0.2) is 4.34 Å². The van der Waals surface area contributed by atoms with E-state index in [0.717, 1.165) is 22.0 Å². The summed E-state index contributed by atoms with van der Waals surface area (Å²) in [7, 11) is 0. The molecule has 2 atom stereocenters. The Morgan fingerprint density at radius 1 is 1.30 bits per heavy atom. The van der Waals surface area contributed by atoms with Crippen molar-refractivity contribution < 1.29 is 19.8 Å². The molecule has 0 fully saturated rings. The zero-order valence-electron chi connectivity index (χ0n) is 10.0. The molecule has 0 bridgehead atoms. The van der Waals surface area contributed by atoms with Crippen LogP contribution in [0, 0.1) is 5.92 Å². The lowest BCUT2D eigenvalue weighted by atomic mass is 10.1. The van der Waals surface area contributed by atoms with Crippen molar-refractivity contribution in [2.75, 3.05) is 5.88 Å². The first-order chi connectivity index (χ1) is 9.52. The van der Waals surface area contributed by atoms with Crippen molar-refractivity contribution in [1.82, 2.24) is 4.98 Å². The summed E-state index contributed by atoms with van der Waals surface area (Å²) in [5.74, 6) is -3.85. The zero-order chi connectivity index (χ0) is 14.7. The molecule has 0 amide bonds. The summed E-state index contributed by atoms with van der Waals surface area (Å²) in [4.78, 5) is 26.6. The lowest BCUT2D eigenvalue weighted by molar-refractivity contribution is -0.146. The number of halogens is 1. The molecule has 0 saturated heterocycles. The Morgan fingerprint density at radius 3 is 2.55 bits per heavy atom. The van der Waals surface area contributed by atoms with Crippen LogP contribution in [-0.2, 0) is 9.59 Å². The molecule has 1 aromatic heterocycles. The highest BCUT2D eigenvalue weighted by Crippen LogP contribution is 2.35. The summed E-state index contributed by atoms with van der Waals surface area (Å²) in [6.07, 6.45) is 0. The molecule has 5 nitrogen and oxygen atoms in total. The van der Waals surface area contributed by atoms with Gasteiger partial charge in [-0.1, -0.05) is 23.9 Å². The van der Waals surface area contributed by atoms with E-state index in [9.17, 15) is 14.7 Å². The van der Waals surface area contributed by atoms with Gasteiger partial charge in [-0.05, 0) is 12.1 Å². The van der Waals surface area contributed by atoms with Gasteiger partial charge in [-0.15, -0.1) is 22.9 Å². The van der Waals surface area contributed by atoms with E-state index in [1.807, 2.05) is 24.3 Å². The summed E-state index contributed by atoms with van der Waals surface area (Å²) in [5.41, 5.74) is 0.766. The number of carbonyl (C=O) groups is 2. The number of alkyl halides is 1. The van der Waals surface area contributed by atoms with Crippen molar-refractivity contribution in [2.24, 2.45) is 5.92 Å². The van der Waals surface area contributed by atoms with Crippen LogP contribution in [0.25, 0.3) is 10.2 Å². The average Bonchev–Trinajstić information content (AvgIpc) is 2.80. The summed E-state index contributed by atoms with van der Waals surface area (Å²) < 4.78 is 1.45. The van der Waals surface area contributed by atoms with Gasteiger partial charge in [-0.3, -0.25) is 9.59 Å². The highest BCUT2D eigenvalue weighted by Gasteiger charge is 2.35. The lowest BCUT2D eigenvalue weighted by Gasteiger charge is -2.16. The molecular weight excluding hydrogens is 322 g/mol. The van der Waals surface area contributed by atoms with E-state index in [2.05, 4.69) is 4.98 Å².